The first kappa shape index (κ1) is 32.7. The fraction of sp³-hybridized carbons (Fsp3) is 0.559. The summed E-state index contributed by atoms with van der Waals surface area (Å²) in [6.07, 6.45) is -2.02. The number of aromatic nitrogens is 2. The van der Waals surface area contributed by atoms with E-state index in [1.54, 1.807) is 33.7 Å². The average Bonchev–Trinajstić information content (AvgIpc) is 2.94. The fourth-order valence-corrected chi connectivity index (χ4v) is 8.55. The van der Waals surface area contributed by atoms with Crippen LogP contribution in [0.4, 0.5) is 23.8 Å². The number of likely N-dealkylation sites (tertiary alicyclic amines) is 1. The molecule has 46 heavy (non-hydrogen) atoms. The second kappa shape index (κ2) is 12.4. The number of carbonyl (C=O) groups is 1. The lowest BCUT2D eigenvalue weighted by molar-refractivity contribution is 0.0129. The fourth-order valence-electron chi connectivity index (χ4n) is 7.14. The molecule has 8 nitrogen and oxygen atoms in total. The van der Waals surface area contributed by atoms with Crippen LogP contribution in [0.5, 0.6) is 0 Å². The van der Waals surface area contributed by atoms with Gasteiger partial charge >= 0.3 is 11.8 Å². The molecule has 248 valence electrons. The number of piperazine rings is 1. The van der Waals surface area contributed by atoms with Crippen LogP contribution in [0.3, 0.4) is 0 Å². The Morgan fingerprint density at radius 1 is 1.09 bits per heavy atom. The van der Waals surface area contributed by atoms with Gasteiger partial charge in [-0.1, -0.05) is 12.1 Å². The van der Waals surface area contributed by atoms with Gasteiger partial charge in [-0.25, -0.2) is 22.8 Å². The number of hydrogen-bond acceptors (Lipinski definition) is 7. The number of rotatable bonds is 6. The Kier molecular flexibility index (Phi) is 8.82. The highest BCUT2D eigenvalue weighted by molar-refractivity contribution is 7.99. The maximum atomic E-state index is 14.1. The van der Waals surface area contributed by atoms with Gasteiger partial charge in [-0.2, -0.15) is 4.98 Å². The molecule has 2 fully saturated rings. The zero-order valence-corrected chi connectivity index (χ0v) is 28.0. The van der Waals surface area contributed by atoms with E-state index in [-0.39, 0.29) is 48.2 Å². The van der Waals surface area contributed by atoms with E-state index in [1.807, 2.05) is 46.1 Å². The molecule has 2 saturated heterocycles. The molecule has 2 aromatic carbocycles. The lowest BCUT2D eigenvalue weighted by atomic mass is 9.92. The number of ether oxygens (including phenoxy) is 1. The molecule has 0 unspecified atom stereocenters. The predicted octanol–water partition coefficient (Wildman–Crippen LogP) is 6.58. The number of halogens is 3. The predicted molar refractivity (Wildman–Crippen MR) is 176 cm³/mol. The molecule has 1 aromatic heterocycles. The van der Waals surface area contributed by atoms with Crippen LogP contribution in [0.15, 0.2) is 40.0 Å². The van der Waals surface area contributed by atoms with Crippen molar-refractivity contribution in [2.24, 2.45) is 5.92 Å². The Morgan fingerprint density at radius 2 is 1.78 bits per heavy atom. The number of alkyl halides is 2. The van der Waals surface area contributed by atoms with Crippen molar-refractivity contribution in [3.8, 4) is 11.1 Å². The second-order valence-corrected chi connectivity index (χ2v) is 15.1. The molecule has 3 atom stereocenters. The number of nitrogens with zero attached hydrogens (tertiary/aromatic N) is 5. The van der Waals surface area contributed by atoms with E-state index in [9.17, 15) is 22.8 Å². The van der Waals surface area contributed by atoms with Crippen molar-refractivity contribution >= 4 is 34.6 Å². The summed E-state index contributed by atoms with van der Waals surface area (Å²) < 4.78 is 47.2. The third kappa shape index (κ3) is 6.34. The van der Waals surface area contributed by atoms with E-state index in [4.69, 9.17) is 9.72 Å². The Morgan fingerprint density at radius 3 is 2.43 bits per heavy atom. The normalized spacial score (nSPS) is 22.4. The zero-order chi connectivity index (χ0) is 33.1. The molecule has 12 heteroatoms. The highest BCUT2D eigenvalue weighted by atomic mass is 32.2. The van der Waals surface area contributed by atoms with Crippen LogP contribution in [0, 0.1) is 18.7 Å². The number of benzene rings is 2. The first-order valence-electron chi connectivity index (χ1n) is 16.0. The van der Waals surface area contributed by atoms with E-state index in [1.165, 1.54) is 12.1 Å². The minimum Gasteiger partial charge on any atom is -0.444 e. The first-order chi connectivity index (χ1) is 21.7. The molecule has 6 rings (SSSR count). The van der Waals surface area contributed by atoms with Gasteiger partial charge in [0.05, 0.1) is 12.1 Å². The van der Waals surface area contributed by atoms with Crippen molar-refractivity contribution in [1.82, 2.24) is 19.4 Å². The molecule has 3 aromatic rings. The van der Waals surface area contributed by atoms with Gasteiger partial charge in [-0.05, 0) is 83.2 Å². The van der Waals surface area contributed by atoms with Gasteiger partial charge in [0.1, 0.15) is 17.2 Å². The van der Waals surface area contributed by atoms with Crippen LogP contribution >= 0.6 is 11.8 Å². The van der Waals surface area contributed by atoms with Crippen molar-refractivity contribution in [3.05, 3.63) is 52.2 Å². The summed E-state index contributed by atoms with van der Waals surface area (Å²) in [5.74, 6) is 1.13. The molecule has 4 heterocycles. The standard InChI is InChI=1S/C34H42F3N5O3S/c1-19-11-26-29-30(28(19)23-7-9-24(35)10-8-23)46-18-25(12-22-15-39(16-22)17-27(36)37)42(29)32(43)38-31(26)40-13-21(3)41(14-20(40)2)33(44)45-34(4,5)6/h7-11,20-22,25,27H,12-18H2,1-6H3/t20-,21+,25-/m0/s1. The largest absolute Gasteiger partial charge is 0.444 e. The minimum atomic E-state index is -2.36. The van der Waals surface area contributed by atoms with Gasteiger partial charge in [0.15, 0.2) is 0 Å². The number of aryl methyl sites for hydroxylation is 1. The third-order valence-corrected chi connectivity index (χ3v) is 10.4. The van der Waals surface area contributed by atoms with Gasteiger partial charge in [0.25, 0.3) is 6.43 Å². The lowest BCUT2D eigenvalue weighted by Gasteiger charge is -2.45. The summed E-state index contributed by atoms with van der Waals surface area (Å²) in [6, 6.07) is 8.03. The first-order valence-corrected chi connectivity index (χ1v) is 16.9. The molecule has 3 aliphatic heterocycles. The van der Waals surface area contributed by atoms with Crippen molar-refractivity contribution < 1.29 is 22.7 Å². The molecule has 0 aliphatic carbocycles. The summed E-state index contributed by atoms with van der Waals surface area (Å²) in [6.45, 7) is 13.4. The monoisotopic (exact) mass is 657 g/mol. The van der Waals surface area contributed by atoms with Gasteiger partial charge in [0.2, 0.25) is 0 Å². The number of thioether (sulfide) groups is 1. The van der Waals surface area contributed by atoms with Crippen molar-refractivity contribution in [1.29, 1.82) is 0 Å². The van der Waals surface area contributed by atoms with Crippen LogP contribution in [-0.4, -0.2) is 88.0 Å². The number of hydrogen-bond donors (Lipinski definition) is 0. The van der Waals surface area contributed by atoms with Gasteiger partial charge in [-0.3, -0.25) is 9.47 Å². The van der Waals surface area contributed by atoms with Gasteiger partial charge < -0.3 is 14.5 Å². The summed E-state index contributed by atoms with van der Waals surface area (Å²) in [4.78, 5) is 38.4. The molecule has 0 N–H and O–H groups in total. The third-order valence-electron chi connectivity index (χ3n) is 9.18. The smallest absolute Gasteiger partial charge is 0.410 e. The SMILES string of the molecule is Cc1cc2c(N3C[C@@H](C)N(C(=O)OC(C)(C)C)C[C@@H]3C)nc(=O)n3c2c(c1-c1ccc(F)cc1)SC[C@@H]3CC1CN(CC(F)F)C1. The molecule has 0 bridgehead atoms. The van der Waals surface area contributed by atoms with Crippen LogP contribution < -0.4 is 10.6 Å². The van der Waals surface area contributed by atoms with Crippen molar-refractivity contribution in [2.45, 2.75) is 83.0 Å². The van der Waals surface area contributed by atoms with E-state index < -0.39 is 12.0 Å². The topological polar surface area (TPSA) is 70.9 Å². The van der Waals surface area contributed by atoms with Crippen molar-refractivity contribution in [3.63, 3.8) is 0 Å². The molecular weight excluding hydrogens is 615 g/mol. The molecule has 3 aliphatic rings. The van der Waals surface area contributed by atoms with E-state index in [0.717, 1.165) is 32.5 Å². The van der Waals surface area contributed by atoms with Gasteiger partial charge in [0, 0.05) is 65.9 Å². The van der Waals surface area contributed by atoms with Crippen LogP contribution in [0.2, 0.25) is 0 Å². The highest BCUT2D eigenvalue weighted by Crippen LogP contribution is 2.47. The molecule has 1 amide bonds. The Balaban J connectivity index is 1.42. The maximum absolute atomic E-state index is 14.1. The molecule has 0 spiro atoms. The number of carbonyl (C=O) groups excluding carboxylic acids is 1. The summed E-state index contributed by atoms with van der Waals surface area (Å²) >= 11 is 1.69. The van der Waals surface area contributed by atoms with Crippen LogP contribution in [0.1, 0.15) is 52.6 Å². The maximum Gasteiger partial charge on any atom is 0.410 e. The van der Waals surface area contributed by atoms with Gasteiger partial charge in [-0.15, -0.1) is 11.8 Å². The summed E-state index contributed by atoms with van der Waals surface area (Å²) in [5, 5.41) is 0.855. The Hall–Kier alpha value is -3.25. The van der Waals surface area contributed by atoms with Crippen LogP contribution in [-0.2, 0) is 4.74 Å². The Labute approximate surface area is 271 Å². The molecule has 0 radical (unpaired) electrons. The lowest BCUT2D eigenvalue weighted by Crippen LogP contribution is -2.59. The average molecular weight is 658 g/mol. The Bertz CT molecular complexity index is 1690. The van der Waals surface area contributed by atoms with E-state index >= 15 is 0 Å². The summed E-state index contributed by atoms with van der Waals surface area (Å²) in [5.41, 5.74) is 2.67. The minimum absolute atomic E-state index is 0.141. The number of amides is 1. The molecular formula is C34H42F3N5O3S. The highest BCUT2D eigenvalue weighted by Gasteiger charge is 2.39. The van der Waals surface area contributed by atoms with E-state index in [2.05, 4.69) is 11.0 Å². The molecule has 0 saturated carbocycles. The van der Waals surface area contributed by atoms with Crippen molar-refractivity contribution in [2.75, 3.05) is 43.4 Å². The van der Waals surface area contributed by atoms with Crippen LogP contribution in [0.25, 0.3) is 22.0 Å². The second-order valence-electron chi connectivity index (χ2n) is 14.0. The number of anilines is 1. The summed E-state index contributed by atoms with van der Waals surface area (Å²) in [7, 11) is 0. The quantitative estimate of drug-likeness (QED) is 0.297. The van der Waals surface area contributed by atoms with E-state index in [0.29, 0.717) is 44.2 Å². The zero-order valence-electron chi connectivity index (χ0n) is 27.2.